The van der Waals surface area contributed by atoms with E-state index in [9.17, 15) is 4.79 Å². The standard InChI is InChI=1S/C22H21ClN5O.ClH/c23-19-2-1-3-21(10-19)27-8-9-28(22(29)13-27,15-20-12-25-16-26-20)14-18-6-4-17(11-24)5-7-18;/h1-7,10,12,16H,8-9,13-15H2,(H,25,26);1H/q+1;. The van der Waals surface area contributed by atoms with E-state index in [-0.39, 0.29) is 18.3 Å². The fourth-order valence-corrected chi connectivity index (χ4v) is 4.03. The highest BCUT2D eigenvalue weighted by atomic mass is 35.5. The van der Waals surface area contributed by atoms with Crippen molar-refractivity contribution in [2.45, 2.75) is 13.1 Å². The van der Waals surface area contributed by atoms with Gasteiger partial charge >= 0.3 is 5.91 Å². The van der Waals surface area contributed by atoms with Crippen LogP contribution in [0.5, 0.6) is 0 Å². The number of amides is 1. The smallest absolute Gasteiger partial charge is 0.333 e. The predicted molar refractivity (Wildman–Crippen MR) is 118 cm³/mol. The van der Waals surface area contributed by atoms with Gasteiger partial charge in [-0.15, -0.1) is 12.4 Å². The van der Waals surface area contributed by atoms with Gasteiger partial charge in [0.25, 0.3) is 0 Å². The van der Waals surface area contributed by atoms with Gasteiger partial charge in [-0.1, -0.05) is 29.8 Å². The summed E-state index contributed by atoms with van der Waals surface area (Å²) < 4.78 is 0.311. The molecule has 8 heteroatoms. The third-order valence-electron chi connectivity index (χ3n) is 5.42. The van der Waals surface area contributed by atoms with E-state index >= 15 is 0 Å². The molecule has 0 spiro atoms. The van der Waals surface area contributed by atoms with E-state index in [1.165, 1.54) is 0 Å². The molecule has 4 rings (SSSR count). The molecule has 1 saturated heterocycles. The zero-order valence-electron chi connectivity index (χ0n) is 16.3. The predicted octanol–water partition coefficient (Wildman–Crippen LogP) is 3.92. The Balaban J connectivity index is 0.00000256. The zero-order chi connectivity index (χ0) is 20.3. The van der Waals surface area contributed by atoms with E-state index in [2.05, 4.69) is 20.9 Å². The molecule has 2 heterocycles. The number of H-pyrrole nitrogens is 1. The summed E-state index contributed by atoms with van der Waals surface area (Å²) in [7, 11) is 0. The number of rotatable bonds is 5. The number of nitrogens with one attached hydrogen (secondary N) is 1. The van der Waals surface area contributed by atoms with Crippen LogP contribution in [0.2, 0.25) is 5.02 Å². The van der Waals surface area contributed by atoms with Gasteiger partial charge in [0.05, 0.1) is 36.4 Å². The molecule has 0 aliphatic carbocycles. The number of imidazole rings is 1. The SMILES string of the molecule is Cl.N#Cc1ccc(C[N+]2(Cc3cnc[nH]3)CCN(c3cccc(Cl)c3)CC2=O)cc1. The second-order valence-corrected chi connectivity index (χ2v) is 7.80. The summed E-state index contributed by atoms with van der Waals surface area (Å²) in [5.74, 6) is 0.148. The van der Waals surface area contributed by atoms with E-state index in [0.717, 1.165) is 23.5 Å². The molecule has 1 aromatic heterocycles. The summed E-state index contributed by atoms with van der Waals surface area (Å²) in [5, 5.41) is 9.70. The lowest BCUT2D eigenvalue weighted by Gasteiger charge is -2.42. The second kappa shape index (κ2) is 9.31. The minimum absolute atomic E-state index is 0. The van der Waals surface area contributed by atoms with Crippen molar-refractivity contribution in [3.05, 3.63) is 82.9 Å². The van der Waals surface area contributed by atoms with Crippen LogP contribution >= 0.6 is 24.0 Å². The lowest BCUT2D eigenvalue weighted by molar-refractivity contribution is -0.881. The summed E-state index contributed by atoms with van der Waals surface area (Å²) in [4.78, 5) is 22.8. The van der Waals surface area contributed by atoms with Crippen molar-refractivity contribution < 1.29 is 9.28 Å². The maximum Gasteiger partial charge on any atom is 0.333 e. The van der Waals surface area contributed by atoms with Gasteiger partial charge in [-0.25, -0.2) is 14.3 Å². The monoisotopic (exact) mass is 442 g/mol. The molecule has 154 valence electrons. The van der Waals surface area contributed by atoms with Crippen LogP contribution in [0.3, 0.4) is 0 Å². The van der Waals surface area contributed by atoms with E-state index in [1.807, 2.05) is 36.4 Å². The Morgan fingerprint density at radius 2 is 2.00 bits per heavy atom. The van der Waals surface area contributed by atoms with E-state index in [4.69, 9.17) is 16.9 Å². The lowest BCUT2D eigenvalue weighted by atomic mass is 10.1. The highest BCUT2D eigenvalue weighted by Gasteiger charge is 2.42. The number of anilines is 1. The lowest BCUT2D eigenvalue weighted by Crippen LogP contribution is -2.62. The van der Waals surface area contributed by atoms with Gasteiger partial charge in [-0.05, 0) is 30.3 Å². The minimum Gasteiger partial charge on any atom is -0.353 e. The van der Waals surface area contributed by atoms with Crippen molar-refractivity contribution in [3.8, 4) is 6.07 Å². The van der Waals surface area contributed by atoms with Crippen molar-refractivity contribution in [3.63, 3.8) is 0 Å². The molecular formula is C22H22Cl2N5O+. The van der Waals surface area contributed by atoms with Crippen molar-refractivity contribution in [1.82, 2.24) is 9.97 Å². The Kier molecular flexibility index (Phi) is 6.78. The highest BCUT2D eigenvalue weighted by Crippen LogP contribution is 2.27. The van der Waals surface area contributed by atoms with Gasteiger partial charge in [0.1, 0.15) is 26.2 Å². The maximum absolute atomic E-state index is 13.4. The number of hydrogen-bond acceptors (Lipinski definition) is 4. The number of piperazine rings is 1. The number of nitrogens with zero attached hydrogens (tertiary/aromatic N) is 4. The summed E-state index contributed by atoms with van der Waals surface area (Å²) in [6.07, 6.45) is 3.41. The fraction of sp³-hybridized carbons (Fsp3) is 0.227. The van der Waals surface area contributed by atoms with Gasteiger partial charge in [0.15, 0.2) is 0 Å². The number of aromatic nitrogens is 2. The average molecular weight is 443 g/mol. The van der Waals surface area contributed by atoms with Crippen LogP contribution in [-0.2, 0) is 17.9 Å². The molecule has 1 atom stereocenters. The van der Waals surface area contributed by atoms with Crippen LogP contribution in [0.1, 0.15) is 16.8 Å². The summed E-state index contributed by atoms with van der Waals surface area (Å²) >= 11 is 6.13. The summed E-state index contributed by atoms with van der Waals surface area (Å²) in [6, 6.07) is 17.2. The summed E-state index contributed by atoms with van der Waals surface area (Å²) in [6.45, 7) is 2.88. The van der Waals surface area contributed by atoms with Crippen molar-refractivity contribution >= 4 is 35.6 Å². The normalized spacial score (nSPS) is 18.5. The van der Waals surface area contributed by atoms with Crippen molar-refractivity contribution in [2.24, 2.45) is 0 Å². The number of carbonyl (C=O) groups excluding carboxylic acids is 1. The minimum atomic E-state index is 0. The molecule has 1 unspecified atom stereocenters. The first-order valence-electron chi connectivity index (χ1n) is 9.44. The molecule has 1 N–H and O–H groups in total. The number of halogens is 2. The van der Waals surface area contributed by atoms with Crippen LogP contribution in [0.4, 0.5) is 5.69 Å². The van der Waals surface area contributed by atoms with E-state index in [1.54, 1.807) is 24.7 Å². The van der Waals surface area contributed by atoms with Crippen molar-refractivity contribution in [1.29, 1.82) is 5.26 Å². The van der Waals surface area contributed by atoms with Crippen LogP contribution in [-0.4, -0.2) is 40.0 Å². The number of nitriles is 1. The van der Waals surface area contributed by atoms with Crippen LogP contribution in [0.25, 0.3) is 0 Å². The first-order chi connectivity index (χ1) is 14.1. The van der Waals surface area contributed by atoms with Crippen LogP contribution in [0, 0.1) is 11.3 Å². The molecule has 2 aromatic carbocycles. The van der Waals surface area contributed by atoms with Gasteiger partial charge < -0.3 is 9.88 Å². The van der Waals surface area contributed by atoms with Gasteiger partial charge in [0, 0.05) is 16.3 Å². The number of benzene rings is 2. The first kappa shape index (κ1) is 21.8. The highest BCUT2D eigenvalue weighted by molar-refractivity contribution is 6.30. The Labute approximate surface area is 186 Å². The maximum atomic E-state index is 13.4. The fourth-order valence-electron chi connectivity index (χ4n) is 3.84. The molecule has 0 saturated carbocycles. The van der Waals surface area contributed by atoms with Gasteiger partial charge in [-0.3, -0.25) is 0 Å². The molecule has 30 heavy (non-hydrogen) atoms. The third-order valence-corrected chi connectivity index (χ3v) is 5.66. The van der Waals surface area contributed by atoms with Crippen molar-refractivity contribution in [2.75, 3.05) is 24.5 Å². The molecule has 1 aliphatic heterocycles. The molecule has 1 fully saturated rings. The molecule has 0 radical (unpaired) electrons. The quantitative estimate of drug-likeness (QED) is 0.607. The van der Waals surface area contributed by atoms with E-state index < -0.39 is 0 Å². The Hall–Kier alpha value is -2.85. The second-order valence-electron chi connectivity index (χ2n) is 7.37. The molecule has 3 aromatic rings. The van der Waals surface area contributed by atoms with Crippen LogP contribution in [0.15, 0.2) is 61.1 Å². The molecule has 0 bridgehead atoms. The molecule has 6 nitrogen and oxygen atoms in total. The zero-order valence-corrected chi connectivity index (χ0v) is 17.9. The number of hydrogen-bond donors (Lipinski definition) is 1. The average Bonchev–Trinajstić information content (AvgIpc) is 3.23. The summed E-state index contributed by atoms with van der Waals surface area (Å²) in [5.41, 5.74) is 3.55. The topological polar surface area (TPSA) is 72.8 Å². The largest absolute Gasteiger partial charge is 0.353 e. The third kappa shape index (κ3) is 4.65. The number of quaternary nitrogens is 1. The van der Waals surface area contributed by atoms with Crippen LogP contribution < -0.4 is 4.90 Å². The number of aromatic amines is 1. The van der Waals surface area contributed by atoms with Gasteiger partial charge in [0.2, 0.25) is 0 Å². The first-order valence-corrected chi connectivity index (χ1v) is 9.82. The molecule has 1 aliphatic rings. The van der Waals surface area contributed by atoms with E-state index in [0.29, 0.717) is 41.2 Å². The molecular weight excluding hydrogens is 421 g/mol. The molecule has 1 amide bonds. The Bertz CT molecular complexity index is 1050. The Morgan fingerprint density at radius 3 is 2.63 bits per heavy atom. The Morgan fingerprint density at radius 1 is 1.20 bits per heavy atom. The number of carbonyl (C=O) groups is 1. The van der Waals surface area contributed by atoms with Gasteiger partial charge in [-0.2, -0.15) is 5.26 Å².